The number of nitro groups is 1. The van der Waals surface area contributed by atoms with Crippen LogP contribution in [0.3, 0.4) is 0 Å². The number of hydrogen-bond donors (Lipinski definition) is 2. The lowest BCUT2D eigenvalue weighted by atomic mass is 9.99. The van der Waals surface area contributed by atoms with Crippen LogP contribution in [0.1, 0.15) is 44.1 Å². The van der Waals surface area contributed by atoms with Crippen LogP contribution in [-0.4, -0.2) is 50.6 Å². The van der Waals surface area contributed by atoms with Crippen molar-refractivity contribution in [1.82, 2.24) is 4.90 Å². The van der Waals surface area contributed by atoms with Gasteiger partial charge in [0.25, 0.3) is 5.69 Å². The van der Waals surface area contributed by atoms with E-state index in [4.69, 9.17) is 5.11 Å². The molecule has 1 aromatic rings. The van der Waals surface area contributed by atoms with E-state index >= 15 is 0 Å². The third-order valence-electron chi connectivity index (χ3n) is 5.10. The van der Waals surface area contributed by atoms with Gasteiger partial charge in [-0.25, -0.2) is 4.39 Å². The van der Waals surface area contributed by atoms with Crippen LogP contribution in [0.15, 0.2) is 42.5 Å². The van der Waals surface area contributed by atoms with Gasteiger partial charge >= 0.3 is 5.97 Å². The van der Waals surface area contributed by atoms with Crippen LogP contribution in [0.2, 0.25) is 0 Å². The number of benzene rings is 1. The molecular weight excluding hydrogens is 407 g/mol. The maximum Gasteiger partial charge on any atom is 0.303 e. The van der Waals surface area contributed by atoms with Crippen molar-refractivity contribution in [3.05, 3.63) is 64.0 Å². The van der Waals surface area contributed by atoms with E-state index in [9.17, 15) is 29.2 Å². The number of hydrogen-bond acceptors (Lipinski definition) is 5. The Morgan fingerprint density at radius 1 is 1.39 bits per heavy atom. The number of unbranched alkanes of at least 4 members (excludes halogenated alkanes) is 1. The van der Waals surface area contributed by atoms with Gasteiger partial charge in [-0.1, -0.05) is 30.4 Å². The highest BCUT2D eigenvalue weighted by atomic mass is 19.1. The molecule has 0 aliphatic carbocycles. The molecule has 2 N–H and O–H groups in total. The Hall–Kier alpha value is -3.07. The van der Waals surface area contributed by atoms with Gasteiger partial charge in [0.15, 0.2) is 0 Å². The van der Waals surface area contributed by atoms with E-state index in [0.29, 0.717) is 38.6 Å². The maximum absolute atomic E-state index is 14.0. The molecule has 1 aliphatic rings. The molecule has 1 amide bonds. The first kappa shape index (κ1) is 24.2. The predicted octanol–water partition coefficient (Wildman–Crippen LogP) is 3.39. The van der Waals surface area contributed by atoms with Gasteiger partial charge in [0.1, 0.15) is 5.82 Å². The van der Waals surface area contributed by atoms with Crippen LogP contribution in [0.4, 0.5) is 10.1 Å². The molecule has 31 heavy (non-hydrogen) atoms. The Balaban J connectivity index is 1.98. The summed E-state index contributed by atoms with van der Waals surface area (Å²) in [4.78, 5) is 34.9. The van der Waals surface area contributed by atoms with Crippen molar-refractivity contribution in [3.63, 3.8) is 0 Å². The largest absolute Gasteiger partial charge is 0.481 e. The monoisotopic (exact) mass is 434 g/mol. The molecular formula is C22H27FN2O6. The number of carbonyl (C=O) groups is 2. The number of carbonyl (C=O) groups excluding carboxylic acids is 1. The normalized spacial score (nSPS) is 18.1. The molecule has 1 aromatic carbocycles. The number of carboxylic acid groups (broad SMARTS) is 1. The van der Waals surface area contributed by atoms with Crippen LogP contribution < -0.4 is 0 Å². The zero-order chi connectivity index (χ0) is 22.8. The van der Waals surface area contributed by atoms with E-state index in [1.165, 1.54) is 18.2 Å². The smallest absolute Gasteiger partial charge is 0.303 e. The fourth-order valence-electron chi connectivity index (χ4n) is 3.52. The first-order valence-electron chi connectivity index (χ1n) is 10.2. The SMILES string of the molecule is O=C(O)CCC/C=C\CN1C(=O)CCC[C@@H]1/C=C/C(O)Cc1c(F)cccc1[N+](=O)[O-]. The van der Waals surface area contributed by atoms with Gasteiger partial charge in [0.05, 0.1) is 22.6 Å². The Morgan fingerprint density at radius 2 is 2.16 bits per heavy atom. The summed E-state index contributed by atoms with van der Waals surface area (Å²) in [6, 6.07) is 3.32. The highest BCUT2D eigenvalue weighted by Gasteiger charge is 2.26. The molecule has 1 heterocycles. The van der Waals surface area contributed by atoms with Crippen molar-refractivity contribution >= 4 is 17.6 Å². The van der Waals surface area contributed by atoms with Crippen molar-refractivity contribution in [2.45, 2.75) is 57.1 Å². The molecule has 168 valence electrons. The highest BCUT2D eigenvalue weighted by Crippen LogP contribution is 2.24. The highest BCUT2D eigenvalue weighted by molar-refractivity contribution is 5.77. The third-order valence-corrected chi connectivity index (χ3v) is 5.10. The zero-order valence-electron chi connectivity index (χ0n) is 17.2. The molecule has 0 aromatic heterocycles. The van der Waals surface area contributed by atoms with Gasteiger partial charge in [0, 0.05) is 31.9 Å². The molecule has 9 heteroatoms. The number of nitro benzene ring substituents is 1. The summed E-state index contributed by atoms with van der Waals surface area (Å²) in [6.07, 6.45) is 8.50. The quantitative estimate of drug-likeness (QED) is 0.238. The summed E-state index contributed by atoms with van der Waals surface area (Å²) >= 11 is 0. The number of aliphatic hydroxyl groups excluding tert-OH is 1. The van der Waals surface area contributed by atoms with Gasteiger partial charge in [-0.2, -0.15) is 0 Å². The van der Waals surface area contributed by atoms with E-state index in [0.717, 1.165) is 6.07 Å². The summed E-state index contributed by atoms with van der Waals surface area (Å²) in [5.41, 5.74) is -0.541. The summed E-state index contributed by atoms with van der Waals surface area (Å²) in [6.45, 7) is 0.371. The standard InChI is InChI=1S/C22H27FN2O6/c23-19-8-6-9-20(25(30)31)18(19)15-17(26)13-12-16-7-5-10-21(27)24(16)14-4-2-1-3-11-22(28)29/h2,4,6,8-9,12-13,16-17,26H,1,3,5,7,10-11,14-15H2,(H,28,29)/b4-2-,13-12+/t16-,17?/m1/s1. The fourth-order valence-corrected chi connectivity index (χ4v) is 3.52. The molecule has 0 spiro atoms. The average Bonchev–Trinajstić information content (AvgIpc) is 2.71. The minimum absolute atomic E-state index is 0.0182. The lowest BCUT2D eigenvalue weighted by Crippen LogP contribution is -2.42. The summed E-state index contributed by atoms with van der Waals surface area (Å²) < 4.78 is 14.0. The van der Waals surface area contributed by atoms with Crippen LogP contribution >= 0.6 is 0 Å². The minimum Gasteiger partial charge on any atom is -0.481 e. The van der Waals surface area contributed by atoms with Gasteiger partial charge in [-0.3, -0.25) is 19.7 Å². The van der Waals surface area contributed by atoms with Crippen LogP contribution in [-0.2, 0) is 16.0 Å². The number of amides is 1. The Kier molecular flexibility index (Phi) is 9.33. The van der Waals surface area contributed by atoms with Crippen LogP contribution in [0.5, 0.6) is 0 Å². The lowest BCUT2D eigenvalue weighted by molar-refractivity contribution is -0.385. The number of rotatable bonds is 11. The molecule has 0 saturated carbocycles. The van der Waals surface area contributed by atoms with Crippen molar-refractivity contribution in [2.24, 2.45) is 0 Å². The first-order chi connectivity index (χ1) is 14.8. The van der Waals surface area contributed by atoms with Gasteiger partial charge < -0.3 is 15.1 Å². The third kappa shape index (κ3) is 7.60. The molecule has 0 bridgehead atoms. The average molecular weight is 434 g/mol. The first-order valence-corrected chi connectivity index (χ1v) is 10.2. The van der Waals surface area contributed by atoms with E-state index < -0.39 is 22.8 Å². The molecule has 1 unspecified atom stereocenters. The number of aliphatic hydroxyl groups is 1. The van der Waals surface area contributed by atoms with Gasteiger partial charge in [0.2, 0.25) is 5.91 Å². The topological polar surface area (TPSA) is 121 Å². The molecule has 2 rings (SSSR count). The van der Waals surface area contributed by atoms with Crippen molar-refractivity contribution in [2.75, 3.05) is 6.54 Å². The Bertz CT molecular complexity index is 854. The minimum atomic E-state index is -1.14. The molecule has 1 fully saturated rings. The van der Waals surface area contributed by atoms with Gasteiger partial charge in [-0.15, -0.1) is 0 Å². The molecule has 1 aliphatic heterocycles. The Morgan fingerprint density at radius 3 is 2.87 bits per heavy atom. The molecule has 2 atom stereocenters. The van der Waals surface area contributed by atoms with Crippen LogP contribution in [0.25, 0.3) is 0 Å². The van der Waals surface area contributed by atoms with Gasteiger partial charge in [-0.05, 0) is 31.7 Å². The number of aliphatic carboxylic acids is 1. The number of carboxylic acids is 1. The number of halogens is 1. The van der Waals surface area contributed by atoms with E-state index in [-0.39, 0.29) is 36.0 Å². The fraction of sp³-hybridized carbons (Fsp3) is 0.455. The van der Waals surface area contributed by atoms with Crippen molar-refractivity contribution in [1.29, 1.82) is 0 Å². The molecule has 1 saturated heterocycles. The number of likely N-dealkylation sites (tertiary alicyclic amines) is 1. The van der Waals surface area contributed by atoms with E-state index in [1.807, 2.05) is 12.2 Å². The zero-order valence-corrected chi connectivity index (χ0v) is 17.2. The number of nitrogens with zero attached hydrogens (tertiary/aromatic N) is 2. The predicted molar refractivity (Wildman–Crippen MR) is 112 cm³/mol. The lowest BCUT2D eigenvalue weighted by Gasteiger charge is -2.33. The van der Waals surface area contributed by atoms with Crippen molar-refractivity contribution < 1.29 is 29.1 Å². The second kappa shape index (κ2) is 11.9. The number of allylic oxidation sites excluding steroid dienone is 1. The second-order valence-corrected chi connectivity index (χ2v) is 7.41. The molecule has 8 nitrogen and oxygen atoms in total. The maximum atomic E-state index is 14.0. The Labute approximate surface area is 179 Å². The van der Waals surface area contributed by atoms with E-state index in [1.54, 1.807) is 11.0 Å². The van der Waals surface area contributed by atoms with Crippen molar-refractivity contribution in [3.8, 4) is 0 Å². The summed E-state index contributed by atoms with van der Waals surface area (Å²) in [5.74, 6) is -1.61. The summed E-state index contributed by atoms with van der Waals surface area (Å²) in [5, 5.41) is 30.0. The van der Waals surface area contributed by atoms with E-state index in [2.05, 4.69) is 0 Å². The molecule has 0 radical (unpaired) electrons. The van der Waals surface area contributed by atoms with Crippen LogP contribution in [0, 0.1) is 15.9 Å². The second-order valence-electron chi connectivity index (χ2n) is 7.41. The number of piperidine rings is 1. The summed E-state index contributed by atoms with van der Waals surface area (Å²) in [7, 11) is 0.